The average molecular weight is 266 g/mol. The highest BCUT2D eigenvalue weighted by molar-refractivity contribution is 5.94. The molecule has 0 aliphatic carbocycles. The van der Waals surface area contributed by atoms with Gasteiger partial charge in [0.2, 0.25) is 0 Å². The van der Waals surface area contributed by atoms with Gasteiger partial charge in [0, 0.05) is 24.2 Å². The van der Waals surface area contributed by atoms with E-state index in [1.807, 2.05) is 6.92 Å². The van der Waals surface area contributed by atoms with Gasteiger partial charge in [-0.25, -0.2) is 9.18 Å². The molecule has 5 N–H and O–H groups in total. The van der Waals surface area contributed by atoms with Crippen LogP contribution in [-0.2, 0) is 6.54 Å². The van der Waals surface area contributed by atoms with Crippen LogP contribution in [0.2, 0.25) is 0 Å². The van der Waals surface area contributed by atoms with Gasteiger partial charge in [0.1, 0.15) is 11.7 Å². The number of nitrogen functional groups attached to an aromatic ring is 1. The molecule has 0 unspecified atom stereocenters. The third kappa shape index (κ3) is 4.95. The molecule has 1 aromatic carbocycles. The molecule has 0 spiro atoms. The Morgan fingerprint density at radius 1 is 1.42 bits per heavy atom. The van der Waals surface area contributed by atoms with Crippen LogP contribution in [0.4, 0.5) is 9.18 Å². The van der Waals surface area contributed by atoms with Crippen molar-refractivity contribution in [1.29, 1.82) is 5.41 Å². The van der Waals surface area contributed by atoms with Gasteiger partial charge >= 0.3 is 6.03 Å². The molecular weight excluding hydrogens is 247 g/mol. The van der Waals surface area contributed by atoms with Crippen LogP contribution in [0.15, 0.2) is 18.2 Å². The Balaban J connectivity index is 2.49. The molecular formula is C13H19FN4O. The number of hydrogen-bond donors (Lipinski definition) is 4. The number of hydrogen-bond acceptors (Lipinski definition) is 2. The Hall–Kier alpha value is -2.11. The Morgan fingerprint density at radius 2 is 2.16 bits per heavy atom. The highest BCUT2D eigenvalue weighted by Gasteiger charge is 2.06. The van der Waals surface area contributed by atoms with Crippen molar-refractivity contribution in [3.05, 3.63) is 35.1 Å². The molecule has 0 atom stereocenters. The van der Waals surface area contributed by atoms with E-state index in [9.17, 15) is 9.18 Å². The molecule has 0 fully saturated rings. The maximum absolute atomic E-state index is 13.6. The molecule has 0 saturated carbocycles. The number of carbonyl (C=O) groups is 1. The lowest BCUT2D eigenvalue weighted by Gasteiger charge is -2.08. The van der Waals surface area contributed by atoms with Gasteiger partial charge in [-0.1, -0.05) is 25.5 Å². The first-order valence-electron chi connectivity index (χ1n) is 6.19. The van der Waals surface area contributed by atoms with Gasteiger partial charge in [-0.15, -0.1) is 0 Å². The maximum Gasteiger partial charge on any atom is 0.315 e. The highest BCUT2D eigenvalue weighted by Crippen LogP contribution is 2.09. The van der Waals surface area contributed by atoms with Gasteiger partial charge in [0.25, 0.3) is 0 Å². The largest absolute Gasteiger partial charge is 0.384 e. The van der Waals surface area contributed by atoms with Gasteiger partial charge in [0.15, 0.2) is 0 Å². The number of carbonyl (C=O) groups excluding carboxylic acids is 1. The van der Waals surface area contributed by atoms with E-state index in [1.165, 1.54) is 12.1 Å². The highest BCUT2D eigenvalue weighted by atomic mass is 19.1. The van der Waals surface area contributed by atoms with E-state index in [-0.39, 0.29) is 18.4 Å². The van der Waals surface area contributed by atoms with Gasteiger partial charge in [-0.05, 0) is 12.5 Å². The van der Waals surface area contributed by atoms with Crippen LogP contribution < -0.4 is 16.4 Å². The molecule has 104 valence electrons. The van der Waals surface area contributed by atoms with Crippen molar-refractivity contribution in [3.63, 3.8) is 0 Å². The van der Waals surface area contributed by atoms with Crippen molar-refractivity contribution in [2.24, 2.45) is 5.73 Å². The Bertz CT molecular complexity index is 462. The summed E-state index contributed by atoms with van der Waals surface area (Å²) in [6.07, 6.45) is 1.91. The van der Waals surface area contributed by atoms with Gasteiger partial charge < -0.3 is 16.4 Å². The number of benzene rings is 1. The Kier molecular flexibility index (Phi) is 5.78. The summed E-state index contributed by atoms with van der Waals surface area (Å²) in [4.78, 5) is 11.4. The number of halogens is 1. The molecule has 0 aliphatic rings. The SMILES string of the molecule is CCCCNC(=O)NCc1ccc(C(=N)N)cc1F. The van der Waals surface area contributed by atoms with Crippen molar-refractivity contribution in [2.45, 2.75) is 26.3 Å². The van der Waals surface area contributed by atoms with Crippen molar-refractivity contribution in [3.8, 4) is 0 Å². The van der Waals surface area contributed by atoms with Crippen LogP contribution in [0.1, 0.15) is 30.9 Å². The predicted octanol–water partition coefficient (Wildman–Crippen LogP) is 1.71. The summed E-state index contributed by atoms with van der Waals surface area (Å²) in [6.45, 7) is 2.74. The van der Waals surface area contributed by atoms with Crippen LogP contribution in [0.5, 0.6) is 0 Å². The number of nitrogens with one attached hydrogen (secondary N) is 3. The molecule has 0 saturated heterocycles. The molecule has 2 amide bonds. The van der Waals surface area contributed by atoms with Crippen molar-refractivity contribution >= 4 is 11.9 Å². The summed E-state index contributed by atoms with van der Waals surface area (Å²) in [7, 11) is 0. The quantitative estimate of drug-likeness (QED) is 0.358. The lowest BCUT2D eigenvalue weighted by molar-refractivity contribution is 0.240. The van der Waals surface area contributed by atoms with E-state index >= 15 is 0 Å². The zero-order valence-electron chi connectivity index (χ0n) is 10.9. The molecule has 19 heavy (non-hydrogen) atoms. The van der Waals surface area contributed by atoms with Crippen molar-refractivity contribution in [2.75, 3.05) is 6.54 Å². The zero-order valence-corrected chi connectivity index (χ0v) is 10.9. The van der Waals surface area contributed by atoms with Crippen molar-refractivity contribution < 1.29 is 9.18 Å². The molecule has 0 radical (unpaired) electrons. The fourth-order valence-corrected chi connectivity index (χ4v) is 1.47. The molecule has 6 heteroatoms. The topological polar surface area (TPSA) is 91.0 Å². The monoisotopic (exact) mass is 266 g/mol. The molecule has 0 bridgehead atoms. The van der Waals surface area contributed by atoms with Crippen LogP contribution in [0.25, 0.3) is 0 Å². The molecule has 0 heterocycles. The minimum Gasteiger partial charge on any atom is -0.384 e. The lowest BCUT2D eigenvalue weighted by atomic mass is 10.1. The van der Waals surface area contributed by atoms with Crippen LogP contribution in [0.3, 0.4) is 0 Å². The lowest BCUT2D eigenvalue weighted by Crippen LogP contribution is -2.35. The van der Waals surface area contributed by atoms with E-state index in [4.69, 9.17) is 11.1 Å². The third-order valence-corrected chi connectivity index (χ3v) is 2.62. The number of rotatable bonds is 6. The Labute approximate surface area is 111 Å². The molecule has 1 aromatic rings. The fourth-order valence-electron chi connectivity index (χ4n) is 1.47. The predicted molar refractivity (Wildman–Crippen MR) is 72.6 cm³/mol. The molecule has 0 aromatic heterocycles. The van der Waals surface area contributed by atoms with E-state index in [2.05, 4.69) is 10.6 Å². The number of urea groups is 1. The second kappa shape index (κ2) is 7.35. The standard InChI is InChI=1S/C13H19FN4O/c1-2-3-6-17-13(19)18-8-10-5-4-9(12(15)16)7-11(10)14/h4-5,7H,2-3,6,8H2,1H3,(H3,15,16)(H2,17,18,19). The first-order chi connectivity index (χ1) is 9.04. The zero-order chi connectivity index (χ0) is 14.3. The molecule has 0 aliphatic heterocycles. The molecule has 1 rings (SSSR count). The van der Waals surface area contributed by atoms with E-state index < -0.39 is 5.82 Å². The fraction of sp³-hybridized carbons (Fsp3) is 0.385. The summed E-state index contributed by atoms with van der Waals surface area (Å²) in [5.41, 5.74) is 5.94. The minimum absolute atomic E-state index is 0.0992. The second-order valence-electron chi connectivity index (χ2n) is 4.18. The summed E-state index contributed by atoms with van der Waals surface area (Å²) < 4.78 is 13.6. The van der Waals surface area contributed by atoms with Crippen LogP contribution in [-0.4, -0.2) is 18.4 Å². The van der Waals surface area contributed by atoms with Gasteiger partial charge in [0.05, 0.1) is 0 Å². The normalized spacial score (nSPS) is 10.0. The smallest absolute Gasteiger partial charge is 0.315 e. The van der Waals surface area contributed by atoms with E-state index in [0.717, 1.165) is 12.8 Å². The number of nitrogens with two attached hydrogens (primary N) is 1. The molecule has 5 nitrogen and oxygen atoms in total. The van der Waals surface area contributed by atoms with Gasteiger partial charge in [-0.2, -0.15) is 0 Å². The first-order valence-corrected chi connectivity index (χ1v) is 6.19. The Morgan fingerprint density at radius 3 is 2.74 bits per heavy atom. The van der Waals surface area contributed by atoms with Crippen LogP contribution >= 0.6 is 0 Å². The summed E-state index contributed by atoms with van der Waals surface area (Å²) in [6, 6.07) is 3.94. The maximum atomic E-state index is 13.6. The first kappa shape index (κ1) is 14.9. The third-order valence-electron chi connectivity index (χ3n) is 2.62. The number of unbranched alkanes of at least 4 members (excludes halogenated alkanes) is 1. The minimum atomic E-state index is -0.485. The number of amides is 2. The van der Waals surface area contributed by atoms with E-state index in [1.54, 1.807) is 6.07 Å². The average Bonchev–Trinajstić information content (AvgIpc) is 2.37. The second-order valence-corrected chi connectivity index (χ2v) is 4.18. The van der Waals surface area contributed by atoms with Gasteiger partial charge in [-0.3, -0.25) is 5.41 Å². The summed E-state index contributed by atoms with van der Waals surface area (Å²) >= 11 is 0. The van der Waals surface area contributed by atoms with Crippen molar-refractivity contribution in [1.82, 2.24) is 10.6 Å². The summed E-state index contributed by atoms with van der Waals surface area (Å²) in [5, 5.41) is 12.4. The number of amidine groups is 1. The van der Waals surface area contributed by atoms with E-state index in [0.29, 0.717) is 17.7 Å². The van der Waals surface area contributed by atoms with Crippen LogP contribution in [0, 0.1) is 11.2 Å². The summed E-state index contributed by atoms with van der Waals surface area (Å²) in [5.74, 6) is -0.669.